The molecule has 4 nitrogen and oxygen atoms in total. The van der Waals surface area contributed by atoms with Gasteiger partial charge in [0.1, 0.15) is 10.8 Å². The Morgan fingerprint density at radius 3 is 3.00 bits per heavy atom. The van der Waals surface area contributed by atoms with Crippen molar-refractivity contribution in [3.8, 4) is 0 Å². The van der Waals surface area contributed by atoms with Crippen LogP contribution in [0.4, 0.5) is 10.8 Å². The molecule has 0 amide bonds. The molecule has 0 aliphatic rings. The maximum atomic E-state index is 8.88. The van der Waals surface area contributed by atoms with Gasteiger partial charge in [0.2, 0.25) is 0 Å². The molecular weight excluding hydrogens is 174 g/mol. The summed E-state index contributed by atoms with van der Waals surface area (Å²) >= 11 is 1.31. The van der Waals surface area contributed by atoms with Gasteiger partial charge in [-0.1, -0.05) is 6.92 Å². The van der Waals surface area contributed by atoms with E-state index in [-0.39, 0.29) is 12.6 Å². The first kappa shape index (κ1) is 9.28. The van der Waals surface area contributed by atoms with Gasteiger partial charge in [0.15, 0.2) is 0 Å². The molecule has 68 valence electrons. The number of nitrogens with one attached hydrogen (secondary N) is 1. The number of anilines is 2. The molecule has 0 aliphatic carbocycles. The van der Waals surface area contributed by atoms with Crippen LogP contribution in [0.5, 0.6) is 0 Å². The minimum absolute atomic E-state index is 0.102. The Kier molecular flexibility index (Phi) is 3.31. The molecule has 12 heavy (non-hydrogen) atoms. The van der Waals surface area contributed by atoms with Gasteiger partial charge in [0, 0.05) is 12.1 Å². The number of aromatic nitrogens is 1. The van der Waals surface area contributed by atoms with Gasteiger partial charge in [-0.2, -0.15) is 4.37 Å². The zero-order chi connectivity index (χ0) is 8.97. The van der Waals surface area contributed by atoms with Crippen LogP contribution in [0.2, 0.25) is 0 Å². The van der Waals surface area contributed by atoms with Crippen molar-refractivity contribution in [1.29, 1.82) is 0 Å². The molecule has 4 N–H and O–H groups in total. The fourth-order valence-corrected chi connectivity index (χ4v) is 1.48. The summed E-state index contributed by atoms with van der Waals surface area (Å²) in [6.07, 6.45) is 0.883. The zero-order valence-corrected chi connectivity index (χ0v) is 7.77. The Labute approximate surface area is 75.6 Å². The van der Waals surface area contributed by atoms with Crippen LogP contribution in [0.25, 0.3) is 0 Å². The van der Waals surface area contributed by atoms with E-state index in [0.29, 0.717) is 5.82 Å². The van der Waals surface area contributed by atoms with Gasteiger partial charge in [-0.15, -0.1) is 0 Å². The molecule has 1 unspecified atom stereocenters. The fourth-order valence-electron chi connectivity index (χ4n) is 0.835. The van der Waals surface area contributed by atoms with Crippen LogP contribution < -0.4 is 11.1 Å². The third kappa shape index (κ3) is 2.35. The highest BCUT2D eigenvalue weighted by Gasteiger charge is 2.05. The maximum absolute atomic E-state index is 8.88. The van der Waals surface area contributed by atoms with E-state index in [1.54, 1.807) is 6.07 Å². The van der Waals surface area contributed by atoms with Crippen molar-refractivity contribution in [2.75, 3.05) is 17.7 Å². The molecule has 0 bridgehead atoms. The average Bonchev–Trinajstić information content (AvgIpc) is 2.47. The van der Waals surface area contributed by atoms with Crippen molar-refractivity contribution in [2.24, 2.45) is 0 Å². The third-order valence-corrected chi connectivity index (χ3v) is 2.32. The van der Waals surface area contributed by atoms with E-state index in [1.165, 1.54) is 11.5 Å². The lowest BCUT2D eigenvalue weighted by atomic mass is 10.2. The number of nitrogens with two attached hydrogens (primary N) is 1. The summed E-state index contributed by atoms with van der Waals surface area (Å²) in [7, 11) is 0. The molecule has 1 rings (SSSR count). The molecule has 0 radical (unpaired) electrons. The number of aliphatic hydroxyl groups excluding tert-OH is 1. The van der Waals surface area contributed by atoms with Crippen molar-refractivity contribution < 1.29 is 5.11 Å². The molecule has 1 aromatic rings. The van der Waals surface area contributed by atoms with Gasteiger partial charge in [0.25, 0.3) is 0 Å². The monoisotopic (exact) mass is 187 g/mol. The Balaban J connectivity index is 2.50. The first-order chi connectivity index (χ1) is 5.76. The highest BCUT2D eigenvalue weighted by molar-refractivity contribution is 7.10. The van der Waals surface area contributed by atoms with Crippen LogP contribution in [-0.2, 0) is 0 Å². The van der Waals surface area contributed by atoms with Gasteiger partial charge in [0.05, 0.1) is 6.61 Å². The zero-order valence-electron chi connectivity index (χ0n) is 6.95. The Morgan fingerprint density at radius 1 is 1.83 bits per heavy atom. The summed E-state index contributed by atoms with van der Waals surface area (Å²) in [6.45, 7) is 2.15. The number of rotatable bonds is 4. The fraction of sp³-hybridized carbons (Fsp3) is 0.571. The molecule has 0 spiro atoms. The van der Waals surface area contributed by atoms with Crippen LogP contribution in [-0.4, -0.2) is 22.1 Å². The van der Waals surface area contributed by atoms with E-state index in [0.717, 1.165) is 11.4 Å². The summed E-state index contributed by atoms with van der Waals surface area (Å²) in [5.74, 6) is 0.523. The number of nitrogen functional groups attached to an aromatic ring is 1. The van der Waals surface area contributed by atoms with Crippen LogP contribution in [0.3, 0.4) is 0 Å². The highest BCUT2D eigenvalue weighted by atomic mass is 32.1. The summed E-state index contributed by atoms with van der Waals surface area (Å²) in [4.78, 5) is 0. The van der Waals surface area contributed by atoms with Crippen molar-refractivity contribution in [1.82, 2.24) is 4.37 Å². The Hall–Kier alpha value is -0.810. The predicted octanol–water partition coefficient (Wildman–Crippen LogP) is 0.908. The van der Waals surface area contributed by atoms with Crippen LogP contribution in [0.1, 0.15) is 13.3 Å². The van der Waals surface area contributed by atoms with Crippen LogP contribution in [0, 0.1) is 0 Å². The summed E-state index contributed by atoms with van der Waals surface area (Å²) in [6, 6.07) is 1.87. The smallest absolute Gasteiger partial charge is 0.139 e. The molecule has 5 heteroatoms. The molecule has 1 atom stereocenters. The lowest BCUT2D eigenvalue weighted by Crippen LogP contribution is -2.21. The van der Waals surface area contributed by atoms with Gasteiger partial charge in [-0.25, -0.2) is 0 Å². The first-order valence-electron chi connectivity index (χ1n) is 3.85. The molecule has 0 aromatic carbocycles. The Bertz CT molecular complexity index is 234. The Morgan fingerprint density at radius 2 is 2.58 bits per heavy atom. The molecule has 1 heterocycles. The second kappa shape index (κ2) is 4.27. The van der Waals surface area contributed by atoms with Gasteiger partial charge in [-0.3, -0.25) is 0 Å². The number of aliphatic hydroxyl groups is 1. The summed E-state index contributed by atoms with van der Waals surface area (Å²) in [5.41, 5.74) is 5.43. The van der Waals surface area contributed by atoms with E-state index < -0.39 is 0 Å². The third-order valence-electron chi connectivity index (χ3n) is 1.59. The largest absolute Gasteiger partial charge is 0.394 e. The molecule has 1 aromatic heterocycles. The molecule has 0 saturated carbocycles. The first-order valence-corrected chi connectivity index (χ1v) is 4.63. The van der Waals surface area contributed by atoms with Crippen molar-refractivity contribution in [2.45, 2.75) is 19.4 Å². The minimum Gasteiger partial charge on any atom is -0.394 e. The predicted molar refractivity (Wildman–Crippen MR) is 51.3 cm³/mol. The lowest BCUT2D eigenvalue weighted by Gasteiger charge is -2.12. The van der Waals surface area contributed by atoms with E-state index in [1.807, 2.05) is 6.92 Å². The second-order valence-electron chi connectivity index (χ2n) is 2.55. The molecule has 0 fully saturated rings. The summed E-state index contributed by atoms with van der Waals surface area (Å²) in [5, 5.41) is 12.9. The SMILES string of the molecule is CCC(CO)Nc1cc(N)ns1. The highest BCUT2D eigenvalue weighted by Crippen LogP contribution is 2.18. The second-order valence-corrected chi connectivity index (χ2v) is 3.35. The van der Waals surface area contributed by atoms with E-state index in [4.69, 9.17) is 10.8 Å². The number of hydrogen-bond donors (Lipinski definition) is 3. The average molecular weight is 187 g/mol. The number of hydrogen-bond acceptors (Lipinski definition) is 5. The summed E-state index contributed by atoms with van der Waals surface area (Å²) < 4.78 is 3.91. The number of nitrogens with zero attached hydrogens (tertiary/aromatic N) is 1. The normalized spacial score (nSPS) is 12.8. The van der Waals surface area contributed by atoms with Crippen molar-refractivity contribution >= 4 is 22.4 Å². The molecule has 0 saturated heterocycles. The van der Waals surface area contributed by atoms with Gasteiger partial charge < -0.3 is 16.2 Å². The lowest BCUT2D eigenvalue weighted by molar-refractivity contribution is 0.272. The van der Waals surface area contributed by atoms with E-state index >= 15 is 0 Å². The van der Waals surface area contributed by atoms with Crippen molar-refractivity contribution in [3.05, 3.63) is 6.07 Å². The van der Waals surface area contributed by atoms with Gasteiger partial charge >= 0.3 is 0 Å². The van der Waals surface area contributed by atoms with Gasteiger partial charge in [-0.05, 0) is 18.0 Å². The molecular formula is C7H13N3OS. The van der Waals surface area contributed by atoms with Crippen LogP contribution in [0.15, 0.2) is 6.07 Å². The van der Waals surface area contributed by atoms with E-state index in [2.05, 4.69) is 9.69 Å². The van der Waals surface area contributed by atoms with Crippen molar-refractivity contribution in [3.63, 3.8) is 0 Å². The minimum atomic E-state index is 0.102. The topological polar surface area (TPSA) is 71.2 Å². The quantitative estimate of drug-likeness (QED) is 0.655. The standard InChI is InChI=1S/C7H13N3OS/c1-2-5(4-11)9-7-3-6(8)10-12-7/h3,5,9,11H,2,4H2,1H3,(H2,8,10). The molecule has 0 aliphatic heterocycles. The maximum Gasteiger partial charge on any atom is 0.139 e. The van der Waals surface area contributed by atoms with E-state index in [9.17, 15) is 0 Å². The van der Waals surface area contributed by atoms with Crippen LogP contribution >= 0.6 is 11.5 Å².